The molecule has 0 aliphatic carbocycles. The van der Waals surface area contributed by atoms with Crippen LogP contribution in [0.4, 0.5) is 0 Å². The van der Waals surface area contributed by atoms with E-state index in [2.05, 4.69) is 0 Å². The SMILES string of the molecule is [2H]C([2H])(C)C([2H])(C)C. The second-order valence-electron chi connectivity index (χ2n) is 1.25. The van der Waals surface area contributed by atoms with Gasteiger partial charge in [0, 0.05) is 4.11 Å². The average molecular weight is 75.2 g/mol. The van der Waals surface area contributed by atoms with Crippen LogP contribution < -0.4 is 0 Å². The Morgan fingerprint density at radius 2 is 2.20 bits per heavy atom. The smallest absolute Gasteiger partial charge is 0.0297 e. The van der Waals surface area contributed by atoms with Gasteiger partial charge in [-0.2, -0.15) is 0 Å². The van der Waals surface area contributed by atoms with Gasteiger partial charge in [-0.15, -0.1) is 0 Å². The molecule has 5 heavy (non-hydrogen) atoms. The van der Waals surface area contributed by atoms with Gasteiger partial charge in [0.2, 0.25) is 0 Å². The molecule has 0 radical (unpaired) electrons. The van der Waals surface area contributed by atoms with Crippen LogP contribution in [0.2, 0.25) is 0 Å². The molecule has 0 rings (SSSR count). The van der Waals surface area contributed by atoms with Crippen molar-refractivity contribution in [2.24, 2.45) is 5.89 Å². The molecule has 0 amide bonds. The highest BCUT2D eigenvalue weighted by Crippen LogP contribution is 1.93. The summed E-state index contributed by atoms with van der Waals surface area (Å²) in [6.07, 6.45) is -1.40. The van der Waals surface area contributed by atoms with Crippen LogP contribution in [0.1, 0.15) is 31.3 Å². The molecule has 0 aromatic rings. The Balaban J connectivity index is 4.02. The van der Waals surface area contributed by atoms with Crippen LogP contribution in [-0.2, 0) is 0 Å². The van der Waals surface area contributed by atoms with Crippen molar-refractivity contribution in [1.29, 1.82) is 0 Å². The second kappa shape index (κ2) is 2.25. The van der Waals surface area contributed by atoms with E-state index >= 15 is 0 Å². The summed E-state index contributed by atoms with van der Waals surface area (Å²) in [6, 6.07) is 0. The topological polar surface area (TPSA) is 0 Å². The molecule has 0 heterocycles. The first kappa shape index (κ1) is 1.63. The van der Waals surface area contributed by atoms with Crippen molar-refractivity contribution in [2.45, 2.75) is 27.1 Å². The van der Waals surface area contributed by atoms with Crippen LogP contribution >= 0.6 is 0 Å². The lowest BCUT2D eigenvalue weighted by molar-refractivity contribution is 0.626. The molecule has 0 fully saturated rings. The zero-order valence-corrected chi connectivity index (χ0v) is 4.00. The van der Waals surface area contributed by atoms with Gasteiger partial charge in [0.05, 0.1) is 0 Å². The minimum atomic E-state index is -1.40. The van der Waals surface area contributed by atoms with Gasteiger partial charge in [-0.05, 0) is 5.89 Å². The zero-order valence-electron chi connectivity index (χ0n) is 7.00. The minimum absolute atomic E-state index is 0.979. The highest BCUT2D eigenvalue weighted by molar-refractivity contribution is 4.32. The van der Waals surface area contributed by atoms with E-state index in [9.17, 15) is 0 Å². The monoisotopic (exact) mass is 75.1 g/mol. The van der Waals surface area contributed by atoms with E-state index in [1.807, 2.05) is 0 Å². The molecule has 0 aliphatic heterocycles. The lowest BCUT2D eigenvalue weighted by atomic mass is 10.2. The van der Waals surface area contributed by atoms with Crippen molar-refractivity contribution < 1.29 is 4.11 Å². The molecule has 0 saturated carbocycles. The summed E-state index contributed by atoms with van der Waals surface area (Å²) in [6.45, 7) is 4.54. The summed E-state index contributed by atoms with van der Waals surface area (Å²) in [5, 5.41) is 0. The summed E-state index contributed by atoms with van der Waals surface area (Å²) in [7, 11) is 0. The van der Waals surface area contributed by atoms with Gasteiger partial charge in [0.25, 0.3) is 0 Å². The van der Waals surface area contributed by atoms with Crippen molar-refractivity contribution in [1.82, 2.24) is 0 Å². The van der Waals surface area contributed by atoms with Crippen LogP contribution in [-0.4, -0.2) is 0 Å². The third kappa shape index (κ3) is 4.00. The Hall–Kier alpha value is 0. The summed E-state index contributed by atoms with van der Waals surface area (Å²) in [5.41, 5.74) is 0. The highest BCUT2D eigenvalue weighted by Gasteiger charge is 1.80. The van der Waals surface area contributed by atoms with Crippen molar-refractivity contribution in [3.05, 3.63) is 0 Å². The number of rotatable bonds is 1. The third-order valence-corrected chi connectivity index (χ3v) is 0.500. The first-order valence-corrected chi connectivity index (χ1v) is 1.75. The average Bonchev–Trinajstić information content (AvgIpc) is 1.25. The van der Waals surface area contributed by atoms with E-state index in [-0.39, 0.29) is 0 Å². The van der Waals surface area contributed by atoms with Crippen LogP contribution in [0, 0.1) is 5.89 Å². The normalized spacial score (nSPS) is 23.4. The van der Waals surface area contributed by atoms with Gasteiger partial charge in [0.1, 0.15) is 0 Å². The fourth-order valence-electron chi connectivity index (χ4n) is 0. The van der Waals surface area contributed by atoms with Crippen molar-refractivity contribution in [3.63, 3.8) is 0 Å². The standard InChI is InChI=1S/C5H12/c1-4-5(2)3/h5H,4H2,1-3H3/i4D2,5D. The maximum Gasteiger partial charge on any atom is 0.0297 e. The Morgan fingerprint density at radius 1 is 2.00 bits per heavy atom. The largest absolute Gasteiger partial charge is 0.0651 e. The molecular formula is C5H12. The predicted molar refractivity (Wildman–Crippen MR) is 25.1 cm³/mol. The first-order valence-electron chi connectivity index (χ1n) is 3.25. The van der Waals surface area contributed by atoms with Crippen molar-refractivity contribution in [2.75, 3.05) is 0 Å². The summed E-state index contributed by atoms with van der Waals surface area (Å²) >= 11 is 0. The van der Waals surface area contributed by atoms with Crippen LogP contribution in [0.25, 0.3) is 0 Å². The number of hydrogen-bond acceptors (Lipinski definition) is 0. The minimum Gasteiger partial charge on any atom is -0.0651 e. The lowest BCUT2D eigenvalue weighted by Gasteiger charge is -1.90. The predicted octanol–water partition coefficient (Wildman–Crippen LogP) is 2.05. The molecule has 0 nitrogen and oxygen atoms in total. The fraction of sp³-hybridized carbons (Fsp3) is 1.00. The molecule has 32 valence electrons. The molecule has 0 saturated heterocycles. The molecule has 0 heteroatoms. The van der Waals surface area contributed by atoms with E-state index in [1.54, 1.807) is 13.8 Å². The van der Waals surface area contributed by atoms with Gasteiger partial charge in [-0.3, -0.25) is 0 Å². The van der Waals surface area contributed by atoms with Crippen molar-refractivity contribution in [3.8, 4) is 0 Å². The molecule has 0 spiro atoms. The van der Waals surface area contributed by atoms with Gasteiger partial charge in [0.15, 0.2) is 0 Å². The molecule has 0 atom stereocenters. The molecular weight excluding hydrogens is 60.1 g/mol. The van der Waals surface area contributed by atoms with Gasteiger partial charge >= 0.3 is 0 Å². The quantitative estimate of drug-likeness (QED) is 0.447. The van der Waals surface area contributed by atoms with Crippen molar-refractivity contribution >= 4 is 0 Å². The Kier molecular flexibility index (Phi) is 0.735. The van der Waals surface area contributed by atoms with Crippen LogP contribution in [0.3, 0.4) is 0 Å². The van der Waals surface area contributed by atoms with E-state index in [0.29, 0.717) is 0 Å². The van der Waals surface area contributed by atoms with E-state index < -0.39 is 12.3 Å². The van der Waals surface area contributed by atoms with E-state index in [4.69, 9.17) is 4.11 Å². The van der Waals surface area contributed by atoms with E-state index in [1.165, 1.54) is 6.92 Å². The third-order valence-electron chi connectivity index (χ3n) is 0.500. The molecule has 0 unspecified atom stereocenters. The molecule has 0 aliphatic rings. The highest BCUT2D eigenvalue weighted by atomic mass is 13.9. The van der Waals surface area contributed by atoms with Crippen LogP contribution in [0.5, 0.6) is 0 Å². The Bertz CT molecular complexity index is 62.7. The second-order valence-corrected chi connectivity index (χ2v) is 1.25. The zero-order chi connectivity index (χ0) is 7.00. The summed E-state index contributed by atoms with van der Waals surface area (Å²) in [4.78, 5) is 0. The molecule has 0 N–H and O–H groups in total. The summed E-state index contributed by atoms with van der Waals surface area (Å²) < 4.78 is 21.3. The van der Waals surface area contributed by atoms with E-state index in [0.717, 1.165) is 0 Å². The summed E-state index contributed by atoms with van der Waals surface area (Å²) in [5.74, 6) is -0.979. The maximum absolute atomic E-state index is 7.21. The Labute approximate surface area is 38.4 Å². The van der Waals surface area contributed by atoms with Gasteiger partial charge in [-0.25, -0.2) is 0 Å². The van der Waals surface area contributed by atoms with Gasteiger partial charge < -0.3 is 0 Å². The first-order chi connectivity index (χ1) is 3.25. The van der Waals surface area contributed by atoms with Gasteiger partial charge in [-0.1, -0.05) is 27.1 Å². The maximum atomic E-state index is 7.21. The van der Waals surface area contributed by atoms with Crippen LogP contribution in [0.15, 0.2) is 0 Å². The molecule has 0 aromatic heterocycles. The molecule has 0 bridgehead atoms. The fourth-order valence-corrected chi connectivity index (χ4v) is 0. The molecule has 0 aromatic carbocycles. The Morgan fingerprint density at radius 3 is 2.20 bits per heavy atom. The lowest BCUT2D eigenvalue weighted by Crippen LogP contribution is -1.77. The number of hydrogen-bond donors (Lipinski definition) is 0.